The van der Waals surface area contributed by atoms with Gasteiger partial charge in [0.2, 0.25) is 0 Å². The third-order valence-corrected chi connectivity index (χ3v) is 4.49. The van der Waals surface area contributed by atoms with Gasteiger partial charge >= 0.3 is 5.97 Å². The van der Waals surface area contributed by atoms with Crippen LogP contribution in [0.25, 0.3) is 0 Å². The van der Waals surface area contributed by atoms with Gasteiger partial charge in [0, 0.05) is 10.6 Å². The van der Waals surface area contributed by atoms with E-state index < -0.39 is 5.97 Å². The highest BCUT2D eigenvalue weighted by atomic mass is 32.2. The molecular formula is C13H13NO2S2. The van der Waals surface area contributed by atoms with Gasteiger partial charge in [0.05, 0.1) is 16.9 Å². The van der Waals surface area contributed by atoms with Crippen molar-refractivity contribution in [3.8, 4) is 0 Å². The predicted molar refractivity (Wildman–Crippen MR) is 75.4 cm³/mol. The smallest absolute Gasteiger partial charge is 0.340 e. The predicted octanol–water partition coefficient (Wildman–Crippen LogP) is 3.58. The summed E-state index contributed by atoms with van der Waals surface area (Å²) < 4.78 is 5.91. The number of methoxy groups -OCH3 is 1. The molecule has 0 aliphatic carbocycles. The first-order chi connectivity index (χ1) is 8.61. The largest absolute Gasteiger partial charge is 0.465 e. The number of nitrogens with two attached hydrogens (primary N) is 1. The van der Waals surface area contributed by atoms with E-state index in [-0.39, 0.29) is 0 Å². The number of hydrogen-bond donors (Lipinski definition) is 1. The summed E-state index contributed by atoms with van der Waals surface area (Å²) in [5.74, 6) is -0.399. The molecule has 1 heterocycles. The Kier molecular flexibility index (Phi) is 3.93. The number of carbonyl (C=O) groups is 1. The number of nitrogen functional groups attached to an aromatic ring is 1. The first-order valence-corrected chi connectivity index (χ1v) is 7.01. The maximum absolute atomic E-state index is 11.6. The van der Waals surface area contributed by atoms with Gasteiger partial charge in [-0.25, -0.2) is 4.79 Å². The second-order valence-corrected chi connectivity index (χ2v) is 6.05. The fraction of sp³-hybridized carbons (Fsp3) is 0.154. The SMILES string of the molecule is COC(=O)c1cc(Sc2cccs2)cc(C)c1N. The van der Waals surface area contributed by atoms with Crippen molar-refractivity contribution < 1.29 is 9.53 Å². The topological polar surface area (TPSA) is 52.3 Å². The van der Waals surface area contributed by atoms with Crippen LogP contribution >= 0.6 is 23.1 Å². The van der Waals surface area contributed by atoms with E-state index in [9.17, 15) is 4.79 Å². The van der Waals surface area contributed by atoms with Crippen LogP contribution in [0.15, 0.2) is 38.8 Å². The van der Waals surface area contributed by atoms with Crippen LogP contribution in [0.2, 0.25) is 0 Å². The normalized spacial score (nSPS) is 10.3. The molecule has 94 valence electrons. The summed E-state index contributed by atoms with van der Waals surface area (Å²) in [7, 11) is 1.36. The monoisotopic (exact) mass is 279 g/mol. The van der Waals surface area contributed by atoms with Crippen LogP contribution in [-0.4, -0.2) is 13.1 Å². The van der Waals surface area contributed by atoms with Crippen molar-refractivity contribution in [1.82, 2.24) is 0 Å². The molecular weight excluding hydrogens is 266 g/mol. The Morgan fingerprint density at radius 1 is 1.44 bits per heavy atom. The molecule has 0 aliphatic rings. The molecule has 1 aromatic heterocycles. The van der Waals surface area contributed by atoms with Gasteiger partial charge in [-0.1, -0.05) is 17.8 Å². The van der Waals surface area contributed by atoms with Gasteiger partial charge in [-0.15, -0.1) is 11.3 Å². The summed E-state index contributed by atoms with van der Waals surface area (Å²) in [4.78, 5) is 12.6. The summed E-state index contributed by atoms with van der Waals surface area (Å²) in [6.45, 7) is 1.89. The van der Waals surface area contributed by atoms with E-state index in [1.54, 1.807) is 29.2 Å². The Hall–Kier alpha value is -1.46. The Labute approximate surface area is 114 Å². The number of anilines is 1. The molecule has 18 heavy (non-hydrogen) atoms. The lowest BCUT2D eigenvalue weighted by atomic mass is 10.1. The molecule has 0 unspecified atom stereocenters. The number of ether oxygens (including phenoxy) is 1. The van der Waals surface area contributed by atoms with Crippen LogP contribution in [0.3, 0.4) is 0 Å². The minimum absolute atomic E-state index is 0.399. The minimum Gasteiger partial charge on any atom is -0.465 e. The zero-order valence-corrected chi connectivity index (χ0v) is 11.7. The van der Waals surface area contributed by atoms with Crippen LogP contribution in [0.1, 0.15) is 15.9 Å². The zero-order valence-electron chi connectivity index (χ0n) is 10.1. The molecule has 0 radical (unpaired) electrons. The van der Waals surface area contributed by atoms with Gasteiger partial charge in [-0.2, -0.15) is 0 Å². The summed E-state index contributed by atoms with van der Waals surface area (Å²) in [5, 5.41) is 2.02. The van der Waals surface area contributed by atoms with E-state index in [2.05, 4.69) is 0 Å². The number of aryl methyl sites for hydroxylation is 1. The van der Waals surface area contributed by atoms with E-state index in [0.717, 1.165) is 10.5 Å². The molecule has 2 N–H and O–H groups in total. The van der Waals surface area contributed by atoms with Crippen molar-refractivity contribution in [3.63, 3.8) is 0 Å². The molecule has 0 fully saturated rings. The van der Waals surface area contributed by atoms with Crippen LogP contribution in [0, 0.1) is 6.92 Å². The molecule has 0 atom stereocenters. The number of hydrogen-bond acceptors (Lipinski definition) is 5. The molecule has 0 saturated carbocycles. The second kappa shape index (κ2) is 5.46. The standard InChI is InChI=1S/C13H13NO2S2/c1-8-6-9(18-11-4-3-5-17-11)7-10(12(8)14)13(15)16-2/h3-7H,14H2,1-2H3. The van der Waals surface area contributed by atoms with Crippen molar-refractivity contribution >= 4 is 34.8 Å². The third kappa shape index (κ3) is 2.68. The van der Waals surface area contributed by atoms with Gasteiger partial charge in [0.15, 0.2) is 0 Å². The van der Waals surface area contributed by atoms with Gasteiger partial charge in [-0.05, 0) is 36.1 Å². The number of benzene rings is 1. The van der Waals surface area contributed by atoms with Gasteiger partial charge in [0.25, 0.3) is 0 Å². The van der Waals surface area contributed by atoms with E-state index in [0.29, 0.717) is 11.3 Å². The van der Waals surface area contributed by atoms with Gasteiger partial charge in [0.1, 0.15) is 0 Å². The number of thiophene rings is 1. The average Bonchev–Trinajstić information content (AvgIpc) is 2.85. The molecule has 0 amide bonds. The first-order valence-electron chi connectivity index (χ1n) is 5.31. The Balaban J connectivity index is 2.38. The summed E-state index contributed by atoms with van der Waals surface area (Å²) in [5.41, 5.74) is 7.69. The molecule has 2 aromatic rings. The zero-order chi connectivity index (χ0) is 13.1. The minimum atomic E-state index is -0.399. The Morgan fingerprint density at radius 2 is 2.22 bits per heavy atom. The quantitative estimate of drug-likeness (QED) is 0.689. The fourth-order valence-electron chi connectivity index (χ4n) is 1.54. The van der Waals surface area contributed by atoms with Crippen LogP contribution in [0.5, 0.6) is 0 Å². The van der Waals surface area contributed by atoms with E-state index in [1.165, 1.54) is 11.3 Å². The van der Waals surface area contributed by atoms with Crippen molar-refractivity contribution in [3.05, 3.63) is 40.8 Å². The van der Waals surface area contributed by atoms with Crippen LogP contribution in [-0.2, 0) is 4.74 Å². The molecule has 2 rings (SSSR count). The lowest BCUT2D eigenvalue weighted by Gasteiger charge is -2.09. The van der Waals surface area contributed by atoms with Crippen LogP contribution in [0.4, 0.5) is 5.69 Å². The maximum Gasteiger partial charge on any atom is 0.340 e. The van der Waals surface area contributed by atoms with Gasteiger partial charge in [-0.3, -0.25) is 0 Å². The van der Waals surface area contributed by atoms with E-state index in [1.807, 2.05) is 30.5 Å². The average molecular weight is 279 g/mol. The first kappa shape index (κ1) is 13.0. The van der Waals surface area contributed by atoms with Gasteiger partial charge < -0.3 is 10.5 Å². The second-order valence-electron chi connectivity index (χ2n) is 3.73. The number of esters is 1. The molecule has 3 nitrogen and oxygen atoms in total. The van der Waals surface area contributed by atoms with Crippen molar-refractivity contribution in [2.75, 3.05) is 12.8 Å². The third-order valence-electron chi connectivity index (χ3n) is 2.48. The Bertz CT molecular complexity index is 565. The molecule has 0 bridgehead atoms. The Morgan fingerprint density at radius 3 is 2.83 bits per heavy atom. The summed E-state index contributed by atoms with van der Waals surface area (Å²) in [6.07, 6.45) is 0. The summed E-state index contributed by atoms with van der Waals surface area (Å²) >= 11 is 3.28. The molecule has 0 saturated heterocycles. The molecule has 1 aromatic carbocycles. The summed E-state index contributed by atoms with van der Waals surface area (Å²) in [6, 6.07) is 7.79. The molecule has 0 spiro atoms. The van der Waals surface area contributed by atoms with Crippen LogP contribution < -0.4 is 5.73 Å². The molecule has 0 aliphatic heterocycles. The highest BCUT2D eigenvalue weighted by Crippen LogP contribution is 2.34. The fourth-order valence-corrected chi connectivity index (χ4v) is 3.43. The van der Waals surface area contributed by atoms with E-state index in [4.69, 9.17) is 10.5 Å². The number of rotatable bonds is 3. The van der Waals surface area contributed by atoms with Crippen molar-refractivity contribution in [1.29, 1.82) is 0 Å². The molecule has 5 heteroatoms. The highest BCUT2D eigenvalue weighted by molar-refractivity contribution is 8.01. The highest BCUT2D eigenvalue weighted by Gasteiger charge is 2.14. The number of carbonyl (C=O) groups excluding carboxylic acids is 1. The van der Waals surface area contributed by atoms with E-state index >= 15 is 0 Å². The maximum atomic E-state index is 11.6. The lowest BCUT2D eigenvalue weighted by molar-refractivity contribution is 0.0601. The van der Waals surface area contributed by atoms with Crippen molar-refractivity contribution in [2.24, 2.45) is 0 Å². The van der Waals surface area contributed by atoms with Crippen molar-refractivity contribution in [2.45, 2.75) is 16.0 Å². The lowest BCUT2D eigenvalue weighted by Crippen LogP contribution is -2.07.